The lowest BCUT2D eigenvalue weighted by molar-refractivity contribution is 0.0757. The van der Waals surface area contributed by atoms with Gasteiger partial charge >= 0.3 is 6.03 Å². The fourth-order valence-electron chi connectivity index (χ4n) is 3.11. The normalized spacial score (nSPS) is 13.6. The Morgan fingerprint density at radius 3 is 2.63 bits per heavy atom. The molecule has 3 amide bonds. The van der Waals surface area contributed by atoms with Gasteiger partial charge in [-0.15, -0.1) is 0 Å². The molecule has 0 spiro atoms. The molecular formula is C20H23FN4O2. The van der Waals surface area contributed by atoms with Crippen LogP contribution < -0.4 is 16.0 Å². The Kier molecular flexibility index (Phi) is 6.03. The van der Waals surface area contributed by atoms with E-state index < -0.39 is 11.7 Å². The highest BCUT2D eigenvalue weighted by Gasteiger charge is 2.25. The second-order valence-electron chi connectivity index (χ2n) is 6.36. The summed E-state index contributed by atoms with van der Waals surface area (Å²) in [4.78, 5) is 27.8. The van der Waals surface area contributed by atoms with Gasteiger partial charge in [-0.25, -0.2) is 9.18 Å². The van der Waals surface area contributed by atoms with Crippen molar-refractivity contribution in [2.45, 2.75) is 6.42 Å². The Morgan fingerprint density at radius 2 is 1.96 bits per heavy atom. The Labute approximate surface area is 157 Å². The summed E-state index contributed by atoms with van der Waals surface area (Å²) >= 11 is 0. The Bertz CT molecular complexity index is 813. The number of nitrogens with one attached hydrogen (secondary N) is 1. The first-order chi connectivity index (χ1) is 13.1. The van der Waals surface area contributed by atoms with Crippen LogP contribution in [0.5, 0.6) is 0 Å². The molecule has 3 N–H and O–H groups in total. The zero-order chi connectivity index (χ0) is 19.2. The average molecular weight is 370 g/mol. The van der Waals surface area contributed by atoms with E-state index in [4.69, 9.17) is 5.73 Å². The van der Waals surface area contributed by atoms with Crippen LogP contribution in [0.3, 0.4) is 0 Å². The molecular weight excluding hydrogens is 347 g/mol. The number of nitrogens with zero attached hydrogens (tertiary/aromatic N) is 2. The predicted molar refractivity (Wildman–Crippen MR) is 102 cm³/mol. The molecule has 2 aromatic carbocycles. The first kappa shape index (κ1) is 18.8. The molecule has 1 aliphatic heterocycles. The van der Waals surface area contributed by atoms with Crippen LogP contribution in [-0.4, -0.2) is 49.6 Å². The van der Waals surface area contributed by atoms with Gasteiger partial charge in [-0.2, -0.15) is 0 Å². The molecule has 1 fully saturated rings. The monoisotopic (exact) mass is 370 g/mol. The number of nitrogens with two attached hydrogens (primary N) is 1. The van der Waals surface area contributed by atoms with Gasteiger partial charge in [-0.05, 0) is 30.2 Å². The first-order valence-electron chi connectivity index (χ1n) is 8.98. The number of hydrogen-bond donors (Lipinski definition) is 2. The summed E-state index contributed by atoms with van der Waals surface area (Å²) in [6.45, 7) is 2.07. The molecule has 6 nitrogen and oxygen atoms in total. The van der Waals surface area contributed by atoms with Crippen molar-refractivity contribution in [1.82, 2.24) is 10.2 Å². The summed E-state index contributed by atoms with van der Waals surface area (Å²) < 4.78 is 14.4. The quantitative estimate of drug-likeness (QED) is 0.782. The minimum absolute atomic E-state index is 0.0475. The van der Waals surface area contributed by atoms with Gasteiger partial charge in [-0.3, -0.25) is 9.69 Å². The van der Waals surface area contributed by atoms with Crippen LogP contribution in [0.1, 0.15) is 15.9 Å². The third kappa shape index (κ3) is 4.43. The largest absolute Gasteiger partial charge is 0.337 e. The summed E-state index contributed by atoms with van der Waals surface area (Å²) in [5.41, 5.74) is 7.20. The van der Waals surface area contributed by atoms with Gasteiger partial charge in [0.2, 0.25) is 0 Å². The highest BCUT2D eigenvalue weighted by Crippen LogP contribution is 2.22. The van der Waals surface area contributed by atoms with E-state index in [1.807, 2.05) is 30.3 Å². The minimum Gasteiger partial charge on any atom is -0.337 e. The van der Waals surface area contributed by atoms with Crippen LogP contribution in [0.15, 0.2) is 48.5 Å². The van der Waals surface area contributed by atoms with Crippen molar-refractivity contribution in [2.24, 2.45) is 5.73 Å². The van der Waals surface area contributed by atoms with Crippen molar-refractivity contribution >= 4 is 17.6 Å². The fourth-order valence-corrected chi connectivity index (χ4v) is 3.11. The van der Waals surface area contributed by atoms with Crippen LogP contribution in [0, 0.1) is 5.82 Å². The van der Waals surface area contributed by atoms with E-state index in [0.717, 1.165) is 5.56 Å². The molecule has 0 aliphatic carbocycles. The van der Waals surface area contributed by atoms with Gasteiger partial charge in [0, 0.05) is 38.4 Å². The summed E-state index contributed by atoms with van der Waals surface area (Å²) in [6.07, 6.45) is 0.655. The topological polar surface area (TPSA) is 78.7 Å². The zero-order valence-corrected chi connectivity index (χ0v) is 15.0. The van der Waals surface area contributed by atoms with Crippen LogP contribution >= 0.6 is 0 Å². The zero-order valence-electron chi connectivity index (χ0n) is 15.0. The van der Waals surface area contributed by atoms with Crippen molar-refractivity contribution in [1.29, 1.82) is 0 Å². The van der Waals surface area contributed by atoms with Gasteiger partial charge < -0.3 is 16.0 Å². The van der Waals surface area contributed by atoms with Gasteiger partial charge in [0.1, 0.15) is 5.82 Å². The lowest BCUT2D eigenvalue weighted by Crippen LogP contribution is -2.37. The first-order valence-corrected chi connectivity index (χ1v) is 8.98. The van der Waals surface area contributed by atoms with Crippen molar-refractivity contribution in [3.63, 3.8) is 0 Å². The summed E-state index contributed by atoms with van der Waals surface area (Å²) in [7, 11) is 0. The van der Waals surface area contributed by atoms with Crippen molar-refractivity contribution in [2.75, 3.05) is 37.6 Å². The fraction of sp³-hybridized carbons (Fsp3) is 0.300. The second kappa shape index (κ2) is 8.64. The van der Waals surface area contributed by atoms with Gasteiger partial charge in [0.05, 0.1) is 5.56 Å². The highest BCUT2D eigenvalue weighted by atomic mass is 19.1. The Balaban J connectivity index is 1.79. The number of benzene rings is 2. The van der Waals surface area contributed by atoms with Gasteiger partial charge in [0.15, 0.2) is 0 Å². The van der Waals surface area contributed by atoms with E-state index in [2.05, 4.69) is 5.32 Å². The third-order valence-corrected chi connectivity index (χ3v) is 4.55. The molecule has 2 aromatic rings. The number of urea groups is 1. The minimum atomic E-state index is -0.606. The molecule has 0 unspecified atom stereocenters. The van der Waals surface area contributed by atoms with Crippen LogP contribution in [0.25, 0.3) is 0 Å². The summed E-state index contributed by atoms with van der Waals surface area (Å²) in [6, 6.07) is 13.7. The van der Waals surface area contributed by atoms with Crippen molar-refractivity contribution in [3.05, 3.63) is 65.5 Å². The average Bonchev–Trinajstić information content (AvgIpc) is 3.12. The number of halogens is 1. The maximum absolute atomic E-state index is 14.4. The number of carbonyl (C=O) groups excluding carboxylic acids is 2. The van der Waals surface area contributed by atoms with E-state index >= 15 is 0 Å². The molecule has 0 bridgehead atoms. The van der Waals surface area contributed by atoms with Gasteiger partial charge in [-0.1, -0.05) is 30.3 Å². The maximum Gasteiger partial charge on any atom is 0.321 e. The highest BCUT2D eigenvalue weighted by molar-refractivity contribution is 5.98. The number of rotatable bonds is 7. The molecule has 0 aromatic heterocycles. The Morgan fingerprint density at radius 1 is 1.19 bits per heavy atom. The van der Waals surface area contributed by atoms with Crippen LogP contribution in [-0.2, 0) is 6.42 Å². The third-order valence-electron chi connectivity index (χ3n) is 4.55. The molecule has 0 atom stereocenters. The lowest BCUT2D eigenvalue weighted by Gasteiger charge is -2.23. The van der Waals surface area contributed by atoms with Crippen LogP contribution in [0.2, 0.25) is 0 Å². The molecule has 0 saturated carbocycles. The van der Waals surface area contributed by atoms with Gasteiger partial charge in [0.25, 0.3) is 5.91 Å². The molecule has 7 heteroatoms. The number of amides is 3. The van der Waals surface area contributed by atoms with E-state index in [9.17, 15) is 14.0 Å². The summed E-state index contributed by atoms with van der Waals surface area (Å²) in [5, 5.41) is 2.69. The molecule has 3 rings (SSSR count). The van der Waals surface area contributed by atoms with E-state index in [-0.39, 0.29) is 18.1 Å². The number of hydrogen-bond acceptors (Lipinski definition) is 3. The number of carbonyl (C=O) groups is 2. The van der Waals surface area contributed by atoms with Crippen molar-refractivity contribution < 1.29 is 14.0 Å². The van der Waals surface area contributed by atoms with E-state index in [1.165, 1.54) is 23.1 Å². The summed E-state index contributed by atoms with van der Waals surface area (Å²) in [5.74, 6) is -1.03. The molecule has 0 radical (unpaired) electrons. The van der Waals surface area contributed by atoms with Crippen molar-refractivity contribution in [3.8, 4) is 0 Å². The Hall–Kier alpha value is -2.93. The molecule has 1 heterocycles. The standard InChI is InChI=1S/C20H23FN4O2/c21-18-7-6-16(25-13-10-23-20(25)27)14-17(18)19(26)24(12-9-22)11-8-15-4-2-1-3-5-15/h1-7,14H,8-13,22H2,(H,23,27). The second-order valence-corrected chi connectivity index (χ2v) is 6.36. The smallest absolute Gasteiger partial charge is 0.321 e. The maximum atomic E-state index is 14.4. The molecule has 142 valence electrons. The SMILES string of the molecule is NCCN(CCc1ccccc1)C(=O)c1cc(N2CCNC2=O)ccc1F. The molecule has 1 saturated heterocycles. The molecule has 1 aliphatic rings. The predicted octanol–water partition coefficient (Wildman–Crippen LogP) is 2.00. The van der Waals surface area contributed by atoms with E-state index in [0.29, 0.717) is 38.3 Å². The van der Waals surface area contributed by atoms with Crippen LogP contribution in [0.4, 0.5) is 14.9 Å². The lowest BCUT2D eigenvalue weighted by atomic mass is 10.1. The van der Waals surface area contributed by atoms with E-state index in [1.54, 1.807) is 4.90 Å². The number of anilines is 1. The molecule has 27 heavy (non-hydrogen) atoms.